The Labute approximate surface area is 164 Å². The van der Waals surface area contributed by atoms with E-state index < -0.39 is 0 Å². The highest BCUT2D eigenvalue weighted by atomic mass is 16.5. The van der Waals surface area contributed by atoms with Gasteiger partial charge in [0, 0.05) is 44.5 Å². The Morgan fingerprint density at radius 1 is 1.36 bits per heavy atom. The molecule has 1 unspecified atom stereocenters. The maximum Gasteiger partial charge on any atom is 0.321 e. The summed E-state index contributed by atoms with van der Waals surface area (Å²) in [4.78, 5) is 23.6. The minimum atomic E-state index is -0.0608. The zero-order chi connectivity index (χ0) is 19.5. The molecule has 1 aliphatic rings. The molecule has 0 radical (unpaired) electrons. The van der Waals surface area contributed by atoms with Gasteiger partial charge in [-0.3, -0.25) is 4.98 Å². The molecule has 146 valence electrons. The number of aryl methyl sites for hydroxylation is 1. The van der Waals surface area contributed by atoms with Gasteiger partial charge in [-0.05, 0) is 37.1 Å². The van der Waals surface area contributed by atoms with Crippen LogP contribution in [0.5, 0.6) is 0 Å². The first-order chi connectivity index (χ1) is 13.7. The monoisotopic (exact) mass is 379 g/mol. The Bertz CT molecular complexity index is 984. The minimum Gasteiger partial charge on any atom is -0.383 e. The van der Waals surface area contributed by atoms with Crippen LogP contribution in [0.1, 0.15) is 23.7 Å². The van der Waals surface area contributed by atoms with Crippen LogP contribution >= 0.6 is 0 Å². The number of hydrogen-bond acceptors (Lipinski definition) is 4. The molecular formula is C21H25N5O2. The number of hydrogen-bond donors (Lipinski definition) is 1. The third-order valence-corrected chi connectivity index (χ3v) is 5.21. The summed E-state index contributed by atoms with van der Waals surface area (Å²) in [6, 6.07) is 9.72. The van der Waals surface area contributed by atoms with Gasteiger partial charge in [0.1, 0.15) is 5.82 Å². The Balaban J connectivity index is 1.51. The van der Waals surface area contributed by atoms with Crippen LogP contribution in [-0.2, 0) is 11.3 Å². The molecule has 28 heavy (non-hydrogen) atoms. The number of benzene rings is 1. The molecule has 7 heteroatoms. The largest absolute Gasteiger partial charge is 0.383 e. The molecule has 0 spiro atoms. The number of urea groups is 1. The fourth-order valence-electron chi connectivity index (χ4n) is 3.80. The van der Waals surface area contributed by atoms with Crippen molar-refractivity contribution in [3.8, 4) is 0 Å². The molecule has 4 rings (SSSR count). The Morgan fingerprint density at radius 3 is 3.07 bits per heavy atom. The highest BCUT2D eigenvalue weighted by molar-refractivity contribution is 5.89. The number of methoxy groups -OCH3 is 1. The van der Waals surface area contributed by atoms with Crippen molar-refractivity contribution in [2.24, 2.45) is 0 Å². The zero-order valence-electron chi connectivity index (χ0n) is 16.3. The van der Waals surface area contributed by atoms with Gasteiger partial charge in [0.2, 0.25) is 0 Å². The molecule has 3 heterocycles. The number of rotatable bonds is 5. The number of aromatic nitrogens is 3. The summed E-state index contributed by atoms with van der Waals surface area (Å²) < 4.78 is 7.45. The topological polar surface area (TPSA) is 72.3 Å². The lowest BCUT2D eigenvalue weighted by atomic mass is 10.1. The average molecular weight is 379 g/mol. The number of carbonyl (C=O) groups excluding carboxylic acids is 1. The van der Waals surface area contributed by atoms with Crippen molar-refractivity contribution in [1.82, 2.24) is 19.4 Å². The van der Waals surface area contributed by atoms with Crippen molar-refractivity contribution in [2.45, 2.75) is 25.8 Å². The van der Waals surface area contributed by atoms with Crippen LogP contribution < -0.4 is 5.32 Å². The number of anilines is 1. The minimum absolute atomic E-state index is 0.0608. The smallest absolute Gasteiger partial charge is 0.321 e. The van der Waals surface area contributed by atoms with Gasteiger partial charge in [0.25, 0.3) is 0 Å². The van der Waals surface area contributed by atoms with E-state index in [1.54, 1.807) is 13.3 Å². The lowest BCUT2D eigenvalue weighted by molar-refractivity contribution is 0.187. The summed E-state index contributed by atoms with van der Waals surface area (Å²) in [5.41, 5.74) is 3.89. The number of nitrogens with zero attached hydrogens (tertiary/aromatic N) is 4. The summed E-state index contributed by atoms with van der Waals surface area (Å²) in [6.45, 7) is 4.72. The van der Waals surface area contributed by atoms with Gasteiger partial charge < -0.3 is 19.5 Å². The van der Waals surface area contributed by atoms with Crippen LogP contribution in [0.2, 0.25) is 0 Å². The average Bonchev–Trinajstić information content (AvgIpc) is 3.31. The van der Waals surface area contributed by atoms with Gasteiger partial charge in [0.05, 0.1) is 23.8 Å². The van der Waals surface area contributed by atoms with Gasteiger partial charge in [-0.15, -0.1) is 0 Å². The molecule has 1 aliphatic heterocycles. The van der Waals surface area contributed by atoms with Gasteiger partial charge in [-0.25, -0.2) is 9.78 Å². The standard InChI is InChI=1S/C21H25N5O2/c1-15-4-3-5-17(12-15)23-21(27)25-9-7-16(14-25)20-24-18-6-8-22-13-19(18)26(20)10-11-28-2/h3-6,8,12-13,16H,7,9-11,14H2,1-2H3,(H,23,27). The summed E-state index contributed by atoms with van der Waals surface area (Å²) >= 11 is 0. The van der Waals surface area contributed by atoms with Crippen molar-refractivity contribution < 1.29 is 9.53 Å². The summed E-state index contributed by atoms with van der Waals surface area (Å²) in [5, 5.41) is 3.00. The fourth-order valence-corrected chi connectivity index (χ4v) is 3.80. The van der Waals surface area contributed by atoms with Crippen molar-refractivity contribution >= 4 is 22.8 Å². The van der Waals surface area contributed by atoms with Gasteiger partial charge in [-0.1, -0.05) is 12.1 Å². The van der Waals surface area contributed by atoms with E-state index >= 15 is 0 Å². The molecular weight excluding hydrogens is 354 g/mol. The number of fused-ring (bicyclic) bond motifs is 1. The number of ether oxygens (including phenoxy) is 1. The van der Waals surface area contributed by atoms with Crippen molar-refractivity contribution in [2.75, 3.05) is 32.1 Å². The van der Waals surface area contributed by atoms with E-state index in [1.165, 1.54) is 0 Å². The molecule has 1 atom stereocenters. The molecule has 2 aromatic heterocycles. The predicted octanol–water partition coefficient (Wildman–Crippen LogP) is 3.41. The highest BCUT2D eigenvalue weighted by Gasteiger charge is 2.31. The molecule has 0 aliphatic carbocycles. The molecule has 1 saturated heterocycles. The van der Waals surface area contributed by atoms with E-state index in [-0.39, 0.29) is 11.9 Å². The molecule has 1 N–H and O–H groups in total. The summed E-state index contributed by atoms with van der Waals surface area (Å²) in [6.07, 6.45) is 4.50. The Kier molecular flexibility index (Phi) is 5.25. The maximum atomic E-state index is 12.7. The number of amides is 2. The van der Waals surface area contributed by atoms with E-state index in [0.717, 1.165) is 41.1 Å². The van der Waals surface area contributed by atoms with Crippen molar-refractivity contribution in [1.29, 1.82) is 0 Å². The second-order valence-electron chi connectivity index (χ2n) is 7.21. The van der Waals surface area contributed by atoms with Crippen molar-refractivity contribution in [3.05, 3.63) is 54.1 Å². The van der Waals surface area contributed by atoms with Gasteiger partial charge in [-0.2, -0.15) is 0 Å². The zero-order valence-corrected chi connectivity index (χ0v) is 16.3. The molecule has 0 bridgehead atoms. The highest BCUT2D eigenvalue weighted by Crippen LogP contribution is 2.29. The van der Waals surface area contributed by atoms with Crippen LogP contribution in [0.25, 0.3) is 11.0 Å². The first-order valence-electron chi connectivity index (χ1n) is 9.57. The van der Waals surface area contributed by atoms with Crippen LogP contribution in [0.3, 0.4) is 0 Å². The van der Waals surface area contributed by atoms with Crippen LogP contribution in [-0.4, -0.2) is 52.3 Å². The van der Waals surface area contributed by atoms with Gasteiger partial charge >= 0.3 is 6.03 Å². The van der Waals surface area contributed by atoms with Crippen molar-refractivity contribution in [3.63, 3.8) is 0 Å². The normalized spacial score (nSPS) is 16.6. The van der Waals surface area contributed by atoms with E-state index in [2.05, 4.69) is 14.9 Å². The van der Waals surface area contributed by atoms with E-state index in [4.69, 9.17) is 9.72 Å². The third-order valence-electron chi connectivity index (χ3n) is 5.21. The third kappa shape index (κ3) is 3.71. The SMILES string of the molecule is COCCn1c(C2CCN(C(=O)Nc3cccc(C)c3)C2)nc2ccncc21. The lowest BCUT2D eigenvalue weighted by Crippen LogP contribution is -2.33. The maximum absolute atomic E-state index is 12.7. The second-order valence-corrected chi connectivity index (χ2v) is 7.21. The number of likely N-dealkylation sites (tertiary alicyclic amines) is 1. The Morgan fingerprint density at radius 2 is 2.25 bits per heavy atom. The first-order valence-corrected chi connectivity index (χ1v) is 9.57. The number of nitrogens with one attached hydrogen (secondary N) is 1. The molecule has 1 aromatic carbocycles. The number of imidazole rings is 1. The van der Waals surface area contributed by atoms with Crippen LogP contribution in [0, 0.1) is 6.92 Å². The van der Waals surface area contributed by atoms with Crippen LogP contribution in [0.15, 0.2) is 42.7 Å². The quantitative estimate of drug-likeness (QED) is 0.737. The molecule has 7 nitrogen and oxygen atoms in total. The van der Waals surface area contributed by atoms with Gasteiger partial charge in [0.15, 0.2) is 0 Å². The van der Waals surface area contributed by atoms with E-state index in [0.29, 0.717) is 19.7 Å². The fraction of sp³-hybridized carbons (Fsp3) is 0.381. The van der Waals surface area contributed by atoms with E-state index in [9.17, 15) is 4.79 Å². The molecule has 0 saturated carbocycles. The lowest BCUT2D eigenvalue weighted by Gasteiger charge is -2.18. The molecule has 3 aromatic rings. The number of pyridine rings is 1. The second kappa shape index (κ2) is 7.98. The summed E-state index contributed by atoms with van der Waals surface area (Å²) in [7, 11) is 1.70. The summed E-state index contributed by atoms with van der Waals surface area (Å²) in [5.74, 6) is 1.21. The number of carbonyl (C=O) groups is 1. The predicted molar refractivity (Wildman–Crippen MR) is 109 cm³/mol. The molecule has 2 amide bonds. The Hall–Kier alpha value is -2.93. The molecule has 1 fully saturated rings. The first kappa shape index (κ1) is 18.4. The van der Waals surface area contributed by atoms with Crippen LogP contribution in [0.4, 0.5) is 10.5 Å². The van der Waals surface area contributed by atoms with E-state index in [1.807, 2.05) is 48.4 Å².